The highest BCUT2D eigenvalue weighted by molar-refractivity contribution is 6.11. The first-order chi connectivity index (χ1) is 35.2. The molecule has 0 aliphatic rings. The van der Waals surface area contributed by atoms with Crippen LogP contribution in [0.5, 0.6) is 0 Å². The van der Waals surface area contributed by atoms with Crippen LogP contribution in [0.2, 0.25) is 0 Å². The van der Waals surface area contributed by atoms with Crippen LogP contribution in [-0.2, 0) is 0 Å². The number of anilines is 3. The van der Waals surface area contributed by atoms with Crippen molar-refractivity contribution in [3.8, 4) is 50.2 Å². The Morgan fingerprint density at radius 3 is 1.55 bits per heavy atom. The number of furan rings is 1. The second-order valence-corrected chi connectivity index (χ2v) is 18.5. The maximum atomic E-state index is 6.49. The lowest BCUT2D eigenvalue weighted by atomic mass is 9.97. The van der Waals surface area contributed by atoms with Crippen LogP contribution in [0.25, 0.3) is 115 Å². The Bertz CT molecular complexity index is 4290. The van der Waals surface area contributed by atoms with Gasteiger partial charge < -0.3 is 13.9 Å². The summed E-state index contributed by atoms with van der Waals surface area (Å²) >= 11 is 0. The van der Waals surface area contributed by atoms with Crippen LogP contribution in [0, 0.1) is 0 Å². The van der Waals surface area contributed by atoms with E-state index >= 15 is 0 Å². The van der Waals surface area contributed by atoms with Gasteiger partial charge in [-0.25, -0.2) is 0 Å². The average molecular weight is 905 g/mol. The molecule has 14 aromatic rings. The first-order valence-corrected chi connectivity index (χ1v) is 24.3. The Labute approximate surface area is 411 Å². The zero-order chi connectivity index (χ0) is 46.8. The molecule has 0 saturated carbocycles. The molecule has 2 heterocycles. The summed E-state index contributed by atoms with van der Waals surface area (Å²) in [7, 11) is 0. The number of nitrogens with zero attached hydrogens (tertiary/aromatic N) is 2. The van der Waals surface area contributed by atoms with Crippen molar-refractivity contribution in [1.29, 1.82) is 0 Å². The van der Waals surface area contributed by atoms with E-state index < -0.39 is 0 Å². The molecule has 0 fully saturated rings. The van der Waals surface area contributed by atoms with Crippen LogP contribution in [0.3, 0.4) is 0 Å². The Balaban J connectivity index is 0.855. The third-order valence-electron chi connectivity index (χ3n) is 14.4. The lowest BCUT2D eigenvalue weighted by Gasteiger charge is -2.27. The minimum absolute atomic E-state index is 0.899. The van der Waals surface area contributed by atoms with Gasteiger partial charge >= 0.3 is 0 Å². The van der Waals surface area contributed by atoms with Crippen molar-refractivity contribution in [2.24, 2.45) is 0 Å². The molecule has 71 heavy (non-hydrogen) atoms. The van der Waals surface area contributed by atoms with E-state index in [9.17, 15) is 0 Å². The van der Waals surface area contributed by atoms with Crippen LogP contribution >= 0.6 is 0 Å². The van der Waals surface area contributed by atoms with Gasteiger partial charge in [0.15, 0.2) is 0 Å². The summed E-state index contributed by atoms with van der Waals surface area (Å²) in [6, 6.07) is 96.7. The van der Waals surface area contributed by atoms with Crippen LogP contribution < -0.4 is 4.90 Å². The molecule has 0 radical (unpaired) electrons. The predicted molar refractivity (Wildman–Crippen MR) is 299 cm³/mol. The van der Waals surface area contributed by atoms with Crippen LogP contribution in [-0.4, -0.2) is 4.57 Å². The van der Waals surface area contributed by atoms with Gasteiger partial charge in [0.25, 0.3) is 0 Å². The van der Waals surface area contributed by atoms with E-state index in [1.807, 2.05) is 12.1 Å². The Morgan fingerprint density at radius 1 is 0.282 bits per heavy atom. The van der Waals surface area contributed by atoms with Gasteiger partial charge in [0.2, 0.25) is 0 Å². The van der Waals surface area contributed by atoms with E-state index in [4.69, 9.17) is 4.42 Å². The van der Waals surface area contributed by atoms with Crippen LogP contribution in [0.4, 0.5) is 17.1 Å². The highest BCUT2D eigenvalue weighted by Gasteiger charge is 2.19. The Hall–Kier alpha value is -9.44. The van der Waals surface area contributed by atoms with Gasteiger partial charge in [-0.15, -0.1) is 0 Å². The Kier molecular flexibility index (Phi) is 9.53. The molecule has 0 atom stereocenters. The molecule has 2 aromatic heterocycles. The van der Waals surface area contributed by atoms with Gasteiger partial charge in [0.1, 0.15) is 11.2 Å². The summed E-state index contributed by atoms with van der Waals surface area (Å²) < 4.78 is 8.90. The standard InChI is InChI=1S/C68H44N2O/c1-2-19-56-46(14-1)34-35-52-42-51(38-41-57(52)56)50-16-12-18-55(44-50)69(53-39-36-48(37-40-53)59-24-13-25-63-62-23-6-10-29-67(62)71-68(59)63)54-17-11-15-49(43-54)45-30-32-47(33-31-45)58-20-3-7-26-64(58)70-65-27-8-4-21-60(65)61-22-5-9-28-66(61)70/h1-44H. The lowest BCUT2D eigenvalue weighted by molar-refractivity contribution is 0.670. The highest BCUT2D eigenvalue weighted by Crippen LogP contribution is 2.42. The summed E-state index contributed by atoms with van der Waals surface area (Å²) in [4.78, 5) is 2.38. The molecule has 3 nitrogen and oxygen atoms in total. The summed E-state index contributed by atoms with van der Waals surface area (Å²) in [5.74, 6) is 0. The van der Waals surface area contributed by atoms with E-state index in [2.05, 4.69) is 264 Å². The Morgan fingerprint density at radius 2 is 0.789 bits per heavy atom. The molecule has 0 saturated heterocycles. The third kappa shape index (κ3) is 6.89. The number of aromatic nitrogens is 1. The van der Waals surface area contributed by atoms with E-state index in [0.717, 1.165) is 72.5 Å². The lowest BCUT2D eigenvalue weighted by Crippen LogP contribution is -2.10. The normalized spacial score (nSPS) is 11.7. The zero-order valence-electron chi connectivity index (χ0n) is 38.7. The average Bonchev–Trinajstić information content (AvgIpc) is 4.00. The fourth-order valence-electron chi connectivity index (χ4n) is 11.0. The van der Waals surface area contributed by atoms with E-state index in [-0.39, 0.29) is 0 Å². The fourth-order valence-corrected chi connectivity index (χ4v) is 11.0. The summed E-state index contributed by atoms with van der Waals surface area (Å²) in [6.45, 7) is 0. The quantitative estimate of drug-likeness (QED) is 0.142. The van der Waals surface area contributed by atoms with E-state index in [1.165, 1.54) is 60.0 Å². The topological polar surface area (TPSA) is 21.3 Å². The van der Waals surface area contributed by atoms with Gasteiger partial charge in [0.05, 0.1) is 16.7 Å². The van der Waals surface area contributed by atoms with E-state index in [1.54, 1.807) is 0 Å². The van der Waals surface area contributed by atoms with Gasteiger partial charge in [-0.1, -0.05) is 200 Å². The maximum absolute atomic E-state index is 6.49. The number of fused-ring (bicyclic) bond motifs is 9. The molecular weight excluding hydrogens is 861 g/mol. The monoisotopic (exact) mass is 904 g/mol. The van der Waals surface area contributed by atoms with Crippen molar-refractivity contribution >= 4 is 82.4 Å². The molecule has 0 N–H and O–H groups in total. The number of rotatable bonds is 8. The SMILES string of the molecule is c1cc(-c2ccc(-c3ccccc3-n3c4ccccc4c4ccccc43)cc2)cc(N(c2ccc(-c3cccc4c3oc3ccccc34)cc2)c2cccc(-c3ccc4c(ccc5ccccc54)c3)c2)c1. The number of para-hydroxylation sites is 5. The molecule has 0 spiro atoms. The molecule has 0 bridgehead atoms. The van der Waals surface area contributed by atoms with Gasteiger partial charge in [-0.2, -0.15) is 0 Å². The maximum Gasteiger partial charge on any atom is 0.143 e. The first kappa shape index (κ1) is 40.6. The summed E-state index contributed by atoms with van der Waals surface area (Å²) in [6.07, 6.45) is 0. The van der Waals surface area contributed by atoms with Crippen LogP contribution in [0.1, 0.15) is 0 Å². The third-order valence-corrected chi connectivity index (χ3v) is 14.4. The minimum Gasteiger partial charge on any atom is -0.455 e. The van der Waals surface area contributed by atoms with Crippen molar-refractivity contribution in [1.82, 2.24) is 4.57 Å². The smallest absolute Gasteiger partial charge is 0.143 e. The molecule has 14 rings (SSSR count). The molecule has 0 aliphatic heterocycles. The fraction of sp³-hybridized carbons (Fsp3) is 0. The second-order valence-electron chi connectivity index (χ2n) is 18.5. The van der Waals surface area contributed by atoms with Crippen molar-refractivity contribution in [2.75, 3.05) is 4.90 Å². The van der Waals surface area contributed by atoms with Crippen molar-refractivity contribution in [3.05, 3.63) is 267 Å². The van der Waals surface area contributed by atoms with Crippen molar-refractivity contribution in [2.45, 2.75) is 0 Å². The summed E-state index contributed by atoms with van der Waals surface area (Å²) in [5, 5.41) is 9.79. The number of hydrogen-bond acceptors (Lipinski definition) is 2. The van der Waals surface area contributed by atoms with Crippen molar-refractivity contribution < 1.29 is 4.42 Å². The molecule has 12 aromatic carbocycles. The molecule has 0 amide bonds. The van der Waals surface area contributed by atoms with Gasteiger partial charge in [-0.3, -0.25) is 0 Å². The molecule has 332 valence electrons. The molecule has 3 heteroatoms. The first-order valence-electron chi connectivity index (χ1n) is 24.3. The molecule has 0 aliphatic carbocycles. The largest absolute Gasteiger partial charge is 0.455 e. The van der Waals surface area contributed by atoms with Gasteiger partial charge in [0, 0.05) is 49.7 Å². The zero-order valence-corrected chi connectivity index (χ0v) is 38.7. The predicted octanol–water partition coefficient (Wildman–Crippen LogP) is 19.1. The summed E-state index contributed by atoms with van der Waals surface area (Å²) in [5.41, 5.74) is 17.7. The van der Waals surface area contributed by atoms with E-state index in [0.29, 0.717) is 0 Å². The van der Waals surface area contributed by atoms with Crippen molar-refractivity contribution in [3.63, 3.8) is 0 Å². The second kappa shape index (κ2) is 16.7. The van der Waals surface area contributed by atoms with Crippen LogP contribution in [0.15, 0.2) is 271 Å². The van der Waals surface area contributed by atoms with Gasteiger partial charge in [-0.05, 0) is 122 Å². The molecule has 0 unspecified atom stereocenters. The minimum atomic E-state index is 0.899. The number of hydrogen-bond donors (Lipinski definition) is 0. The number of benzene rings is 12. The molecular formula is C68H44N2O. The highest BCUT2D eigenvalue weighted by atomic mass is 16.3.